The van der Waals surface area contributed by atoms with E-state index in [1.54, 1.807) is 34.6 Å². The molecule has 0 unspecified atom stereocenters. The van der Waals surface area contributed by atoms with Gasteiger partial charge in [-0.15, -0.1) is 0 Å². The maximum Gasteiger partial charge on any atom is 0.368 e. The van der Waals surface area contributed by atoms with Crippen molar-refractivity contribution < 1.29 is 23.1 Å². The number of esters is 1. The van der Waals surface area contributed by atoms with E-state index in [2.05, 4.69) is 6.58 Å². The fraction of sp³-hybridized carbons (Fsp3) is 0.727. The molecule has 100 valence electrons. The van der Waals surface area contributed by atoms with Crippen LogP contribution in [0.4, 0.5) is 0 Å². The van der Waals surface area contributed by atoms with Crippen LogP contribution >= 0.6 is 7.60 Å². The molecule has 17 heavy (non-hydrogen) atoms. The van der Waals surface area contributed by atoms with E-state index < -0.39 is 13.6 Å². The highest BCUT2D eigenvalue weighted by molar-refractivity contribution is 7.59. The van der Waals surface area contributed by atoms with E-state index in [0.717, 1.165) is 0 Å². The second-order valence-corrected chi connectivity index (χ2v) is 5.93. The maximum atomic E-state index is 12.4. The lowest BCUT2D eigenvalue weighted by molar-refractivity contribution is -0.137. The van der Waals surface area contributed by atoms with Crippen molar-refractivity contribution in [1.82, 2.24) is 0 Å². The SMILES string of the molecule is C=C(C(=O)OCC)P(=O)(OC(C)C)OC(C)C. The van der Waals surface area contributed by atoms with Crippen molar-refractivity contribution in [3.8, 4) is 0 Å². The van der Waals surface area contributed by atoms with Crippen LogP contribution in [0.3, 0.4) is 0 Å². The molecule has 0 atom stereocenters. The number of carbonyl (C=O) groups is 1. The molecule has 5 nitrogen and oxygen atoms in total. The molecule has 0 N–H and O–H groups in total. The van der Waals surface area contributed by atoms with Gasteiger partial charge in [-0.1, -0.05) is 6.58 Å². The van der Waals surface area contributed by atoms with Crippen LogP contribution in [0.25, 0.3) is 0 Å². The third kappa shape index (κ3) is 5.48. The molecule has 0 aliphatic carbocycles. The van der Waals surface area contributed by atoms with Gasteiger partial charge in [0.15, 0.2) is 0 Å². The highest BCUT2D eigenvalue weighted by atomic mass is 31.2. The van der Waals surface area contributed by atoms with Crippen LogP contribution < -0.4 is 0 Å². The average molecular weight is 264 g/mol. The zero-order valence-corrected chi connectivity index (χ0v) is 12.0. The third-order valence-corrected chi connectivity index (χ3v) is 3.78. The molecule has 0 aliphatic rings. The smallest absolute Gasteiger partial charge is 0.368 e. The van der Waals surface area contributed by atoms with Crippen molar-refractivity contribution in [3.63, 3.8) is 0 Å². The first-order valence-electron chi connectivity index (χ1n) is 5.56. The Morgan fingerprint density at radius 1 is 1.18 bits per heavy atom. The molecular formula is C11H21O5P. The predicted molar refractivity (Wildman–Crippen MR) is 65.8 cm³/mol. The van der Waals surface area contributed by atoms with Crippen LogP contribution in [-0.4, -0.2) is 24.8 Å². The van der Waals surface area contributed by atoms with Crippen molar-refractivity contribution in [2.45, 2.75) is 46.8 Å². The van der Waals surface area contributed by atoms with Gasteiger partial charge < -0.3 is 13.8 Å². The first-order chi connectivity index (χ1) is 7.73. The lowest BCUT2D eigenvalue weighted by Crippen LogP contribution is -2.15. The number of hydrogen-bond donors (Lipinski definition) is 0. The number of hydrogen-bond acceptors (Lipinski definition) is 5. The van der Waals surface area contributed by atoms with Crippen molar-refractivity contribution in [1.29, 1.82) is 0 Å². The van der Waals surface area contributed by atoms with Crippen molar-refractivity contribution >= 4 is 13.6 Å². The summed E-state index contributed by atoms with van der Waals surface area (Å²) in [7, 11) is -3.68. The number of ether oxygens (including phenoxy) is 1. The lowest BCUT2D eigenvalue weighted by atomic mass is 10.5. The van der Waals surface area contributed by atoms with Gasteiger partial charge in [0.1, 0.15) is 5.31 Å². The summed E-state index contributed by atoms with van der Waals surface area (Å²) in [6.07, 6.45) is -0.684. The summed E-state index contributed by atoms with van der Waals surface area (Å²) in [5.74, 6) is -0.753. The van der Waals surface area contributed by atoms with Crippen LogP contribution in [0, 0.1) is 0 Å². The summed E-state index contributed by atoms with van der Waals surface area (Å²) >= 11 is 0. The molecule has 0 saturated heterocycles. The molecule has 0 aromatic carbocycles. The standard InChI is InChI=1S/C11H21O5P/c1-7-14-11(12)10(6)17(13,15-8(2)3)16-9(4)5/h8-9H,6-7H2,1-5H3. The summed E-state index contributed by atoms with van der Waals surface area (Å²) in [4.78, 5) is 11.5. The highest BCUT2D eigenvalue weighted by Crippen LogP contribution is 2.57. The Kier molecular flexibility index (Phi) is 6.68. The molecule has 0 aliphatic heterocycles. The summed E-state index contributed by atoms with van der Waals surface area (Å²) in [5.41, 5.74) is 0. The summed E-state index contributed by atoms with van der Waals surface area (Å²) in [6.45, 7) is 12.1. The second kappa shape index (κ2) is 6.94. The normalized spacial score (nSPS) is 11.9. The number of carbonyl (C=O) groups excluding carboxylic acids is 1. The average Bonchev–Trinajstić information content (AvgIpc) is 2.14. The minimum Gasteiger partial charge on any atom is -0.462 e. The summed E-state index contributed by atoms with van der Waals surface area (Å²) < 4.78 is 27.6. The van der Waals surface area contributed by atoms with Gasteiger partial charge in [-0.2, -0.15) is 0 Å². The van der Waals surface area contributed by atoms with E-state index >= 15 is 0 Å². The Bertz CT molecular complexity index is 308. The molecule has 0 rings (SSSR count). The minimum atomic E-state index is -3.68. The van der Waals surface area contributed by atoms with E-state index in [9.17, 15) is 9.36 Å². The molecule has 0 spiro atoms. The van der Waals surface area contributed by atoms with E-state index in [1.807, 2.05) is 0 Å². The molecule has 0 bridgehead atoms. The van der Waals surface area contributed by atoms with E-state index in [-0.39, 0.29) is 24.1 Å². The van der Waals surface area contributed by atoms with Gasteiger partial charge in [0.05, 0.1) is 18.8 Å². The Morgan fingerprint density at radius 3 is 1.88 bits per heavy atom. The van der Waals surface area contributed by atoms with Gasteiger partial charge in [0.2, 0.25) is 0 Å². The molecule has 0 heterocycles. The fourth-order valence-corrected chi connectivity index (χ4v) is 2.74. The zero-order valence-electron chi connectivity index (χ0n) is 11.1. The van der Waals surface area contributed by atoms with E-state index in [1.165, 1.54) is 0 Å². The van der Waals surface area contributed by atoms with Crippen LogP contribution in [0.5, 0.6) is 0 Å². The number of rotatable bonds is 7. The van der Waals surface area contributed by atoms with Crippen LogP contribution in [0.2, 0.25) is 0 Å². The molecule has 6 heteroatoms. The van der Waals surface area contributed by atoms with Gasteiger partial charge in [-0.25, -0.2) is 4.79 Å². The molecule has 0 saturated carbocycles. The predicted octanol–water partition coefficient (Wildman–Crippen LogP) is 3.11. The first-order valence-corrected chi connectivity index (χ1v) is 7.10. The van der Waals surface area contributed by atoms with Crippen molar-refractivity contribution in [2.75, 3.05) is 6.61 Å². The maximum absolute atomic E-state index is 12.4. The topological polar surface area (TPSA) is 61.8 Å². The van der Waals surface area contributed by atoms with E-state index in [4.69, 9.17) is 13.8 Å². The summed E-state index contributed by atoms with van der Waals surface area (Å²) in [6, 6.07) is 0. The van der Waals surface area contributed by atoms with Gasteiger partial charge in [0, 0.05) is 0 Å². The molecule has 0 amide bonds. The minimum absolute atomic E-state index is 0.182. The van der Waals surface area contributed by atoms with Crippen LogP contribution in [0.1, 0.15) is 34.6 Å². The molecular weight excluding hydrogens is 243 g/mol. The van der Waals surface area contributed by atoms with Crippen molar-refractivity contribution in [3.05, 3.63) is 11.9 Å². The highest BCUT2D eigenvalue weighted by Gasteiger charge is 2.36. The van der Waals surface area contributed by atoms with Crippen LogP contribution in [0.15, 0.2) is 11.9 Å². The largest absolute Gasteiger partial charge is 0.462 e. The van der Waals surface area contributed by atoms with E-state index in [0.29, 0.717) is 0 Å². The Morgan fingerprint density at radius 2 is 1.59 bits per heavy atom. The molecule has 0 aromatic rings. The van der Waals surface area contributed by atoms with Crippen molar-refractivity contribution in [2.24, 2.45) is 0 Å². The van der Waals surface area contributed by atoms with Crippen LogP contribution in [-0.2, 0) is 23.1 Å². The molecule has 0 fully saturated rings. The zero-order chi connectivity index (χ0) is 13.6. The summed E-state index contributed by atoms with van der Waals surface area (Å²) in [5, 5.41) is -0.262. The first kappa shape index (κ1) is 16.4. The Labute approximate surface area is 103 Å². The van der Waals surface area contributed by atoms with Gasteiger partial charge >= 0.3 is 13.6 Å². The monoisotopic (exact) mass is 264 g/mol. The Balaban J connectivity index is 4.97. The second-order valence-electron chi connectivity index (χ2n) is 3.97. The lowest BCUT2D eigenvalue weighted by Gasteiger charge is -2.23. The fourth-order valence-electron chi connectivity index (χ4n) is 1.03. The quantitative estimate of drug-likeness (QED) is 0.401. The Hall–Kier alpha value is -0.640. The van der Waals surface area contributed by atoms with Gasteiger partial charge in [0.25, 0.3) is 0 Å². The molecule has 0 radical (unpaired) electrons. The molecule has 0 aromatic heterocycles. The van der Waals surface area contributed by atoms with Gasteiger partial charge in [-0.05, 0) is 34.6 Å². The van der Waals surface area contributed by atoms with Gasteiger partial charge in [-0.3, -0.25) is 4.57 Å². The third-order valence-electron chi connectivity index (χ3n) is 1.54.